The summed E-state index contributed by atoms with van der Waals surface area (Å²) >= 11 is 0. The van der Waals surface area contributed by atoms with Gasteiger partial charge < -0.3 is 0 Å². The smallest absolute Gasteiger partial charge is 0.123 e. The molecule has 0 spiro atoms. The monoisotopic (exact) mass is 196 g/mol. The van der Waals surface area contributed by atoms with E-state index in [9.17, 15) is 4.39 Å². The minimum atomic E-state index is -0.947. The van der Waals surface area contributed by atoms with Crippen molar-refractivity contribution in [1.29, 1.82) is 0 Å². The molecule has 0 fully saturated rings. The van der Waals surface area contributed by atoms with E-state index < -0.39 is 8.07 Å². The Morgan fingerprint density at radius 1 is 1.08 bits per heavy atom. The average Bonchev–Trinajstić information content (AvgIpc) is 2.02. The summed E-state index contributed by atoms with van der Waals surface area (Å²) in [7, 11) is -0.947. The Bertz CT molecular complexity index is 258. The number of halogens is 1. The minimum Gasteiger partial charge on any atom is -0.207 e. The van der Waals surface area contributed by atoms with E-state index in [2.05, 4.69) is 19.6 Å². The molecule has 0 aliphatic rings. The van der Waals surface area contributed by atoms with Crippen molar-refractivity contribution in [1.82, 2.24) is 0 Å². The van der Waals surface area contributed by atoms with Crippen LogP contribution < -0.4 is 0 Å². The predicted octanol–water partition coefficient (Wildman–Crippen LogP) is 3.71. The highest BCUT2D eigenvalue weighted by atomic mass is 28.3. The van der Waals surface area contributed by atoms with E-state index >= 15 is 0 Å². The standard InChI is InChI=1S/C11H17FSi/c1-13(2,3)9-8-10-4-6-11(12)7-5-10/h4-7H,8-9H2,1-3H3. The first-order valence-electron chi connectivity index (χ1n) is 4.72. The second-order valence-electron chi connectivity index (χ2n) is 4.69. The molecular formula is C11H17FSi. The Morgan fingerprint density at radius 3 is 2.08 bits per heavy atom. The third-order valence-corrected chi connectivity index (χ3v) is 3.83. The summed E-state index contributed by atoms with van der Waals surface area (Å²) in [5.41, 5.74) is 1.25. The number of rotatable bonds is 3. The molecule has 0 saturated carbocycles. The topological polar surface area (TPSA) is 0 Å². The van der Waals surface area contributed by atoms with Crippen LogP contribution in [0.1, 0.15) is 5.56 Å². The molecule has 0 heterocycles. The molecule has 0 aliphatic heterocycles. The Labute approximate surface area is 80.8 Å². The summed E-state index contributed by atoms with van der Waals surface area (Å²) in [6, 6.07) is 8.13. The first-order chi connectivity index (χ1) is 5.97. The van der Waals surface area contributed by atoms with Crippen LogP contribution in [-0.2, 0) is 6.42 Å². The maximum atomic E-state index is 12.6. The van der Waals surface area contributed by atoms with Gasteiger partial charge in [-0.1, -0.05) is 37.8 Å². The normalized spacial score (nSPS) is 11.7. The third-order valence-electron chi connectivity index (χ3n) is 2.08. The lowest BCUT2D eigenvalue weighted by Crippen LogP contribution is -2.19. The molecule has 0 amide bonds. The van der Waals surface area contributed by atoms with Crippen molar-refractivity contribution >= 4 is 8.07 Å². The SMILES string of the molecule is C[Si](C)(C)CCc1ccc(F)cc1. The van der Waals surface area contributed by atoms with Gasteiger partial charge in [0.15, 0.2) is 0 Å². The lowest BCUT2D eigenvalue weighted by Gasteiger charge is -2.15. The summed E-state index contributed by atoms with van der Waals surface area (Å²) in [4.78, 5) is 0. The maximum Gasteiger partial charge on any atom is 0.123 e. The first kappa shape index (κ1) is 10.4. The van der Waals surface area contributed by atoms with Crippen molar-refractivity contribution in [3.05, 3.63) is 35.6 Å². The van der Waals surface area contributed by atoms with Crippen molar-refractivity contribution < 1.29 is 4.39 Å². The highest BCUT2D eigenvalue weighted by molar-refractivity contribution is 6.76. The van der Waals surface area contributed by atoms with Gasteiger partial charge in [0, 0.05) is 8.07 Å². The van der Waals surface area contributed by atoms with E-state index in [-0.39, 0.29) is 5.82 Å². The number of hydrogen-bond acceptors (Lipinski definition) is 0. The molecular weight excluding hydrogens is 179 g/mol. The van der Waals surface area contributed by atoms with E-state index in [1.807, 2.05) is 12.1 Å². The third kappa shape index (κ3) is 4.22. The van der Waals surface area contributed by atoms with E-state index in [4.69, 9.17) is 0 Å². The van der Waals surface area contributed by atoms with Crippen LogP contribution in [0.25, 0.3) is 0 Å². The van der Waals surface area contributed by atoms with E-state index in [1.165, 1.54) is 11.6 Å². The molecule has 0 aliphatic carbocycles. The van der Waals surface area contributed by atoms with Gasteiger partial charge in [-0.3, -0.25) is 0 Å². The van der Waals surface area contributed by atoms with Gasteiger partial charge in [-0.2, -0.15) is 0 Å². The lowest BCUT2D eigenvalue weighted by atomic mass is 10.2. The molecule has 0 aromatic heterocycles. The molecule has 0 N–H and O–H groups in total. The highest BCUT2D eigenvalue weighted by Crippen LogP contribution is 2.13. The fourth-order valence-electron chi connectivity index (χ4n) is 1.17. The molecule has 2 heteroatoms. The summed E-state index contributed by atoms with van der Waals surface area (Å²) in [6.07, 6.45) is 1.09. The number of hydrogen-bond donors (Lipinski definition) is 0. The second kappa shape index (κ2) is 4.05. The van der Waals surface area contributed by atoms with Crippen molar-refractivity contribution in [2.75, 3.05) is 0 Å². The Balaban J connectivity index is 2.51. The maximum absolute atomic E-state index is 12.6. The molecule has 13 heavy (non-hydrogen) atoms. The zero-order valence-electron chi connectivity index (χ0n) is 8.60. The van der Waals surface area contributed by atoms with Crippen molar-refractivity contribution in [3.8, 4) is 0 Å². The average molecular weight is 196 g/mol. The van der Waals surface area contributed by atoms with E-state index in [0.717, 1.165) is 6.42 Å². The molecule has 0 unspecified atom stereocenters. The van der Waals surface area contributed by atoms with Crippen molar-refractivity contribution in [2.24, 2.45) is 0 Å². The molecule has 1 rings (SSSR count). The van der Waals surface area contributed by atoms with Crippen LogP contribution in [0.4, 0.5) is 4.39 Å². The zero-order valence-corrected chi connectivity index (χ0v) is 9.60. The largest absolute Gasteiger partial charge is 0.207 e. The summed E-state index contributed by atoms with van der Waals surface area (Å²) < 4.78 is 12.6. The van der Waals surface area contributed by atoms with Crippen LogP contribution in [0.15, 0.2) is 24.3 Å². The zero-order chi connectivity index (χ0) is 9.90. The Hall–Kier alpha value is -0.633. The lowest BCUT2D eigenvalue weighted by molar-refractivity contribution is 0.627. The van der Waals surface area contributed by atoms with E-state index in [1.54, 1.807) is 12.1 Å². The molecule has 0 radical (unpaired) electrons. The summed E-state index contributed by atoms with van der Waals surface area (Å²) in [6.45, 7) is 7.07. The van der Waals surface area contributed by atoms with Crippen LogP contribution >= 0.6 is 0 Å². The molecule has 1 aromatic carbocycles. The fraction of sp³-hybridized carbons (Fsp3) is 0.455. The van der Waals surface area contributed by atoms with Crippen LogP contribution in [0.2, 0.25) is 25.7 Å². The van der Waals surface area contributed by atoms with E-state index in [0.29, 0.717) is 0 Å². The van der Waals surface area contributed by atoms with Gasteiger partial charge in [-0.15, -0.1) is 0 Å². The van der Waals surface area contributed by atoms with Crippen LogP contribution in [0.5, 0.6) is 0 Å². The van der Waals surface area contributed by atoms with Gasteiger partial charge in [-0.05, 0) is 24.1 Å². The van der Waals surface area contributed by atoms with Gasteiger partial charge in [-0.25, -0.2) is 4.39 Å². The van der Waals surface area contributed by atoms with Crippen molar-refractivity contribution in [2.45, 2.75) is 32.1 Å². The minimum absolute atomic E-state index is 0.142. The molecule has 72 valence electrons. The van der Waals surface area contributed by atoms with Gasteiger partial charge in [0.2, 0.25) is 0 Å². The molecule has 1 aromatic rings. The van der Waals surface area contributed by atoms with Crippen LogP contribution in [0.3, 0.4) is 0 Å². The van der Waals surface area contributed by atoms with Crippen molar-refractivity contribution in [3.63, 3.8) is 0 Å². The number of aryl methyl sites for hydroxylation is 1. The second-order valence-corrected chi connectivity index (χ2v) is 10.3. The predicted molar refractivity (Wildman–Crippen MR) is 58.3 cm³/mol. The van der Waals surface area contributed by atoms with Crippen LogP contribution in [0, 0.1) is 5.82 Å². The summed E-state index contributed by atoms with van der Waals surface area (Å²) in [5.74, 6) is -0.142. The van der Waals surface area contributed by atoms with Gasteiger partial charge in [0.25, 0.3) is 0 Å². The molecule has 0 saturated heterocycles. The number of benzene rings is 1. The Kier molecular flexibility index (Phi) is 3.26. The van der Waals surface area contributed by atoms with Gasteiger partial charge in [0.1, 0.15) is 5.82 Å². The molecule has 0 atom stereocenters. The van der Waals surface area contributed by atoms with Gasteiger partial charge >= 0.3 is 0 Å². The molecule has 0 bridgehead atoms. The highest BCUT2D eigenvalue weighted by Gasteiger charge is 2.12. The molecule has 0 nitrogen and oxygen atoms in total. The fourth-order valence-corrected chi connectivity index (χ4v) is 2.21. The Morgan fingerprint density at radius 2 is 1.62 bits per heavy atom. The van der Waals surface area contributed by atoms with Crippen LogP contribution in [-0.4, -0.2) is 8.07 Å². The quantitative estimate of drug-likeness (QED) is 0.647. The summed E-state index contributed by atoms with van der Waals surface area (Å²) in [5, 5.41) is 0. The first-order valence-corrected chi connectivity index (χ1v) is 8.42. The van der Waals surface area contributed by atoms with Gasteiger partial charge in [0.05, 0.1) is 0 Å².